The van der Waals surface area contributed by atoms with Crippen LogP contribution < -0.4 is 15.1 Å². The summed E-state index contributed by atoms with van der Waals surface area (Å²) in [6.45, 7) is 5.22. The summed E-state index contributed by atoms with van der Waals surface area (Å²) in [6.07, 6.45) is 3.88. The number of rotatable bonds is 5. The topological polar surface area (TPSA) is 104 Å². The molecule has 0 amide bonds. The van der Waals surface area contributed by atoms with Crippen molar-refractivity contribution in [2.45, 2.75) is 23.8 Å². The van der Waals surface area contributed by atoms with Crippen LogP contribution in [0.2, 0.25) is 0 Å². The Morgan fingerprint density at radius 3 is 2.60 bits per heavy atom. The molecule has 2 aliphatic heterocycles. The number of fused-ring (bicyclic) bond motifs is 1. The predicted octanol–water partition coefficient (Wildman–Crippen LogP) is 2.60. The number of benzene rings is 2. The molecule has 2 saturated heterocycles. The van der Waals surface area contributed by atoms with Crippen molar-refractivity contribution in [2.75, 3.05) is 56.2 Å². The van der Waals surface area contributed by atoms with E-state index in [0.717, 1.165) is 68.9 Å². The molecule has 1 unspecified atom stereocenters. The summed E-state index contributed by atoms with van der Waals surface area (Å²) < 4.78 is 34.2. The van der Waals surface area contributed by atoms with Gasteiger partial charge in [0.2, 0.25) is 0 Å². The molecule has 9 nitrogen and oxygen atoms in total. The van der Waals surface area contributed by atoms with E-state index in [1.54, 1.807) is 25.4 Å². The van der Waals surface area contributed by atoms with Crippen molar-refractivity contribution in [1.29, 1.82) is 0 Å². The molecule has 1 atom stereocenters. The molecule has 2 aromatic carbocycles. The maximum atomic E-state index is 13.6. The maximum absolute atomic E-state index is 13.6. The van der Waals surface area contributed by atoms with Gasteiger partial charge in [0.05, 0.1) is 16.5 Å². The van der Waals surface area contributed by atoms with Gasteiger partial charge in [-0.1, -0.05) is 12.1 Å². The second-order valence-corrected chi connectivity index (χ2v) is 10.5. The number of nitrogens with zero attached hydrogens (tertiary/aromatic N) is 3. The van der Waals surface area contributed by atoms with Crippen molar-refractivity contribution in [3.63, 3.8) is 0 Å². The summed E-state index contributed by atoms with van der Waals surface area (Å²) >= 11 is 0. The molecular weight excluding hydrogens is 468 g/mol. The van der Waals surface area contributed by atoms with Gasteiger partial charge in [0, 0.05) is 62.8 Å². The highest BCUT2D eigenvalue weighted by Gasteiger charge is 2.25. The predicted molar refractivity (Wildman–Crippen MR) is 137 cm³/mol. The lowest BCUT2D eigenvalue weighted by Crippen LogP contribution is -2.27. The van der Waals surface area contributed by atoms with Gasteiger partial charge in [0.1, 0.15) is 0 Å². The molecule has 188 valence electrons. The third-order valence-electron chi connectivity index (χ3n) is 6.56. The minimum absolute atomic E-state index is 0.191. The van der Waals surface area contributed by atoms with Gasteiger partial charge in [-0.2, -0.15) is 0 Å². The second kappa shape index (κ2) is 11.1. The number of ether oxygens (including phenoxy) is 1. The van der Waals surface area contributed by atoms with E-state index in [-0.39, 0.29) is 12.6 Å². The highest BCUT2D eigenvalue weighted by atomic mass is 32.2. The van der Waals surface area contributed by atoms with Crippen molar-refractivity contribution < 1.29 is 23.1 Å². The average Bonchev–Trinajstić information content (AvgIpc) is 3.44. The highest BCUT2D eigenvalue weighted by Crippen LogP contribution is 2.29. The molecule has 0 aliphatic carbocycles. The van der Waals surface area contributed by atoms with Gasteiger partial charge in [-0.15, -0.1) is 0 Å². The summed E-state index contributed by atoms with van der Waals surface area (Å²) in [5.41, 5.74) is 2.69. The Kier molecular flexibility index (Phi) is 7.94. The first kappa shape index (κ1) is 25.0. The molecule has 10 heteroatoms. The number of hydrogen-bond donors (Lipinski definition) is 2. The lowest BCUT2D eigenvalue weighted by molar-refractivity contribution is -0.122. The molecule has 1 aromatic heterocycles. The number of anilines is 2. The molecule has 2 N–H and O–H groups in total. The van der Waals surface area contributed by atoms with Crippen molar-refractivity contribution in [1.82, 2.24) is 9.29 Å². The summed E-state index contributed by atoms with van der Waals surface area (Å²) in [5, 5.41) is 11.2. The summed E-state index contributed by atoms with van der Waals surface area (Å²) in [4.78, 5) is 13.2. The molecule has 2 fully saturated rings. The zero-order chi connectivity index (χ0) is 24.8. The van der Waals surface area contributed by atoms with Gasteiger partial charge in [0.25, 0.3) is 16.5 Å². The maximum Gasteiger partial charge on any atom is 0.290 e. The Hall–Kier alpha value is -3.08. The molecule has 3 heterocycles. The monoisotopic (exact) mass is 500 g/mol. The van der Waals surface area contributed by atoms with E-state index >= 15 is 0 Å². The standard InChI is InChI=1S/C24H30N4O3S.CH2O2/c1-31-22-9-13-27(18-22)20-4-2-5-23(16-20)32(29,30)28-14-8-19-6-7-21(17-24(19)28)26-12-3-10-25-11-15-26;2-1-3/h2,4-8,14,16-17,22,25H,3,9-13,15,18H2,1H3;1H,(H,2,3). The molecule has 2 aliphatic rings. The van der Waals surface area contributed by atoms with Crippen LogP contribution in [0.1, 0.15) is 12.8 Å². The van der Waals surface area contributed by atoms with Gasteiger partial charge in [0.15, 0.2) is 0 Å². The Bertz CT molecular complexity index is 1250. The van der Waals surface area contributed by atoms with E-state index in [4.69, 9.17) is 14.6 Å². The first-order chi connectivity index (χ1) is 17.0. The fourth-order valence-corrected chi connectivity index (χ4v) is 6.10. The van der Waals surface area contributed by atoms with Crippen LogP contribution >= 0.6 is 0 Å². The lowest BCUT2D eigenvalue weighted by Gasteiger charge is -2.22. The SMILES string of the molecule is COC1CCN(c2cccc(S(=O)(=O)n3ccc4ccc(N5CCCNCC5)cc43)c2)C1.O=CO. The number of aromatic nitrogens is 1. The Labute approximate surface area is 205 Å². The Morgan fingerprint density at radius 1 is 1.03 bits per heavy atom. The number of carbonyl (C=O) groups is 1. The first-order valence-corrected chi connectivity index (χ1v) is 13.2. The zero-order valence-electron chi connectivity index (χ0n) is 19.8. The van der Waals surface area contributed by atoms with Crippen LogP contribution in [-0.4, -0.2) is 76.5 Å². The Balaban J connectivity index is 0.000000917. The van der Waals surface area contributed by atoms with Crippen molar-refractivity contribution in [3.8, 4) is 0 Å². The molecule has 3 aromatic rings. The van der Waals surface area contributed by atoms with Crippen molar-refractivity contribution in [3.05, 3.63) is 54.7 Å². The number of hydrogen-bond acceptors (Lipinski definition) is 7. The van der Waals surface area contributed by atoms with Crippen LogP contribution in [0, 0.1) is 0 Å². The molecule has 0 radical (unpaired) electrons. The van der Waals surface area contributed by atoms with Gasteiger partial charge < -0.3 is 25.0 Å². The molecule has 0 saturated carbocycles. The summed E-state index contributed by atoms with van der Waals surface area (Å²) in [5.74, 6) is 0. The van der Waals surface area contributed by atoms with E-state index < -0.39 is 10.0 Å². The minimum atomic E-state index is -3.72. The van der Waals surface area contributed by atoms with Crippen LogP contribution in [0.4, 0.5) is 11.4 Å². The average molecular weight is 501 g/mol. The fraction of sp³-hybridized carbons (Fsp3) is 0.400. The van der Waals surface area contributed by atoms with Crippen LogP contribution in [0.25, 0.3) is 10.9 Å². The van der Waals surface area contributed by atoms with Gasteiger partial charge in [-0.05, 0) is 55.8 Å². The molecule has 0 bridgehead atoms. The van der Waals surface area contributed by atoms with Gasteiger partial charge in [-0.25, -0.2) is 12.4 Å². The highest BCUT2D eigenvalue weighted by molar-refractivity contribution is 7.90. The van der Waals surface area contributed by atoms with Crippen LogP contribution in [0.5, 0.6) is 0 Å². The third kappa shape index (κ3) is 5.44. The molecule has 35 heavy (non-hydrogen) atoms. The first-order valence-electron chi connectivity index (χ1n) is 11.8. The van der Waals surface area contributed by atoms with E-state index in [9.17, 15) is 8.42 Å². The second-order valence-electron chi connectivity index (χ2n) is 8.65. The summed E-state index contributed by atoms with van der Waals surface area (Å²) in [7, 11) is -2.00. The van der Waals surface area contributed by atoms with E-state index in [2.05, 4.69) is 21.2 Å². The molecule has 5 rings (SSSR count). The largest absolute Gasteiger partial charge is 0.483 e. The summed E-state index contributed by atoms with van der Waals surface area (Å²) in [6, 6.07) is 15.2. The van der Waals surface area contributed by atoms with Crippen molar-refractivity contribution >= 4 is 38.8 Å². The van der Waals surface area contributed by atoms with Gasteiger partial charge in [-0.3, -0.25) is 4.79 Å². The number of nitrogens with one attached hydrogen (secondary N) is 1. The minimum Gasteiger partial charge on any atom is -0.483 e. The van der Waals surface area contributed by atoms with Crippen LogP contribution in [-0.2, 0) is 19.6 Å². The normalized spacial score (nSPS) is 18.7. The lowest BCUT2D eigenvalue weighted by atomic mass is 10.2. The van der Waals surface area contributed by atoms with Crippen LogP contribution in [0.15, 0.2) is 59.6 Å². The number of carboxylic acid groups (broad SMARTS) is 1. The smallest absolute Gasteiger partial charge is 0.290 e. The van der Waals surface area contributed by atoms with E-state index in [1.807, 2.05) is 30.3 Å². The quantitative estimate of drug-likeness (QED) is 0.516. The van der Waals surface area contributed by atoms with Crippen molar-refractivity contribution in [2.24, 2.45) is 0 Å². The Morgan fingerprint density at radius 2 is 1.83 bits per heavy atom. The fourth-order valence-electron chi connectivity index (χ4n) is 4.71. The molecule has 0 spiro atoms. The third-order valence-corrected chi connectivity index (χ3v) is 8.25. The van der Waals surface area contributed by atoms with E-state index in [0.29, 0.717) is 10.4 Å². The van der Waals surface area contributed by atoms with Crippen LogP contribution in [0.3, 0.4) is 0 Å². The molecular formula is C25H32N4O5S. The zero-order valence-corrected chi connectivity index (χ0v) is 20.7. The van der Waals surface area contributed by atoms with Gasteiger partial charge >= 0.3 is 0 Å². The van der Waals surface area contributed by atoms with E-state index in [1.165, 1.54) is 3.97 Å². The number of methoxy groups -OCH3 is 1.